The summed E-state index contributed by atoms with van der Waals surface area (Å²) in [5.74, 6) is 1.30. The summed E-state index contributed by atoms with van der Waals surface area (Å²) in [6, 6.07) is 6.14. The van der Waals surface area contributed by atoms with Gasteiger partial charge in [-0.25, -0.2) is 0 Å². The normalized spacial score (nSPS) is 30.3. The van der Waals surface area contributed by atoms with Crippen molar-refractivity contribution in [2.75, 3.05) is 20.2 Å². The second-order valence-corrected chi connectivity index (χ2v) is 10.1. The van der Waals surface area contributed by atoms with Crippen LogP contribution in [0.5, 0.6) is 5.75 Å². The van der Waals surface area contributed by atoms with Gasteiger partial charge in [0.25, 0.3) is 0 Å². The van der Waals surface area contributed by atoms with Gasteiger partial charge in [0.05, 0.1) is 20.2 Å². The maximum Gasteiger partial charge on any atom is 0.315 e. The summed E-state index contributed by atoms with van der Waals surface area (Å²) < 4.78 is 11.3. The minimum Gasteiger partial charge on any atom is -0.497 e. The third kappa shape index (κ3) is 3.67. The molecule has 3 N–H and O–H groups in total. The van der Waals surface area contributed by atoms with Crippen LogP contribution in [0.3, 0.4) is 0 Å². The zero-order valence-electron chi connectivity index (χ0n) is 19.0. The van der Waals surface area contributed by atoms with Crippen molar-refractivity contribution in [1.29, 1.82) is 0 Å². The summed E-state index contributed by atoms with van der Waals surface area (Å²) in [7, 11) is 1.70. The molecular formula is C26H35N2O3+. The maximum absolute atomic E-state index is 12.7. The number of methoxy groups -OCH3 is 1. The number of esters is 1. The van der Waals surface area contributed by atoms with Crippen molar-refractivity contribution in [3.63, 3.8) is 0 Å². The highest BCUT2D eigenvalue weighted by atomic mass is 16.6. The van der Waals surface area contributed by atoms with Gasteiger partial charge in [-0.15, -0.1) is 0 Å². The molecule has 4 atom stereocenters. The molecule has 0 amide bonds. The number of fused-ring (bicyclic) bond motifs is 3. The van der Waals surface area contributed by atoms with Gasteiger partial charge in [-0.3, -0.25) is 4.79 Å². The molecule has 5 rings (SSSR count). The first-order valence-corrected chi connectivity index (χ1v) is 11.8. The standard InChI is InChI=1S/C26H34N2O3/c1-16-5-4-9-26(2)13-24-20(12-22(16)26)21(25(29)31-24)15-27-10-8-17-14-28-23-7-6-18(30-3)11-19(17)23/h6-7,11,14,20-21,24,27-28H,4-5,8-10,12-13,15H2,1-3H3/p+1/t20-,21+,24-,26-/m1/s1. The van der Waals surface area contributed by atoms with Crippen LogP contribution in [0.1, 0.15) is 51.5 Å². The van der Waals surface area contributed by atoms with Crippen LogP contribution in [-0.4, -0.2) is 37.3 Å². The van der Waals surface area contributed by atoms with E-state index in [1.807, 2.05) is 6.07 Å². The molecule has 0 unspecified atom stereocenters. The minimum absolute atomic E-state index is 0.0276. The van der Waals surface area contributed by atoms with E-state index in [1.165, 1.54) is 30.2 Å². The van der Waals surface area contributed by atoms with E-state index in [1.54, 1.807) is 18.3 Å². The molecule has 1 saturated carbocycles. The quantitative estimate of drug-likeness (QED) is 0.423. The molecule has 0 spiro atoms. The molecular weight excluding hydrogens is 388 g/mol. The summed E-state index contributed by atoms with van der Waals surface area (Å²) in [6.07, 6.45) is 8.99. The van der Waals surface area contributed by atoms with Crippen molar-refractivity contribution < 1.29 is 19.6 Å². The second kappa shape index (κ2) is 8.01. The lowest BCUT2D eigenvalue weighted by Gasteiger charge is -2.45. The van der Waals surface area contributed by atoms with E-state index in [0.717, 1.165) is 43.6 Å². The third-order valence-electron chi connectivity index (χ3n) is 8.19. The Kier molecular flexibility index (Phi) is 5.33. The van der Waals surface area contributed by atoms with E-state index < -0.39 is 0 Å². The molecule has 2 aromatic rings. The van der Waals surface area contributed by atoms with Crippen molar-refractivity contribution in [3.05, 3.63) is 41.1 Å². The van der Waals surface area contributed by atoms with E-state index in [4.69, 9.17) is 9.47 Å². The molecule has 1 aromatic heterocycles. The van der Waals surface area contributed by atoms with Crippen LogP contribution in [0.4, 0.5) is 0 Å². The number of hydrogen-bond acceptors (Lipinski definition) is 3. The number of aromatic nitrogens is 1. The number of rotatable bonds is 6. The number of allylic oxidation sites excluding steroid dienone is 2. The van der Waals surface area contributed by atoms with Crippen LogP contribution in [0.15, 0.2) is 35.5 Å². The SMILES string of the molecule is COc1ccc2[nH]cc(CC[NH2+]C[C@@H]3C(=O)O[C@@H]4C[C@@]5(C)CCCC(C)=C5C[C@H]34)c2c1. The number of hydrogen-bond donors (Lipinski definition) is 2. The first-order chi connectivity index (χ1) is 15.0. The Morgan fingerprint density at radius 2 is 2.23 bits per heavy atom. The van der Waals surface area contributed by atoms with Gasteiger partial charge >= 0.3 is 5.97 Å². The van der Waals surface area contributed by atoms with Crippen molar-refractivity contribution in [1.82, 2.24) is 4.98 Å². The smallest absolute Gasteiger partial charge is 0.315 e. The largest absolute Gasteiger partial charge is 0.497 e. The molecule has 166 valence electrons. The van der Waals surface area contributed by atoms with Crippen molar-refractivity contribution in [2.24, 2.45) is 17.3 Å². The second-order valence-electron chi connectivity index (χ2n) is 10.1. The molecule has 2 fully saturated rings. The minimum atomic E-state index is 0.0276. The van der Waals surface area contributed by atoms with E-state index in [2.05, 4.69) is 42.5 Å². The van der Waals surface area contributed by atoms with Gasteiger partial charge in [-0.2, -0.15) is 0 Å². The van der Waals surface area contributed by atoms with Crippen molar-refractivity contribution >= 4 is 16.9 Å². The van der Waals surface area contributed by atoms with E-state index >= 15 is 0 Å². The van der Waals surface area contributed by atoms with Gasteiger partial charge < -0.3 is 19.8 Å². The number of nitrogens with two attached hydrogens (primary N) is 1. The maximum atomic E-state index is 12.7. The Morgan fingerprint density at radius 1 is 1.35 bits per heavy atom. The van der Waals surface area contributed by atoms with Crippen LogP contribution < -0.4 is 10.1 Å². The monoisotopic (exact) mass is 423 g/mol. The highest BCUT2D eigenvalue weighted by molar-refractivity contribution is 5.84. The Hall–Kier alpha value is -2.27. The Labute approximate surface area is 184 Å². The van der Waals surface area contributed by atoms with Gasteiger partial charge in [-0.05, 0) is 68.2 Å². The number of quaternary nitrogens is 1. The summed E-state index contributed by atoms with van der Waals surface area (Å²) in [5, 5.41) is 3.53. The molecule has 3 aliphatic rings. The van der Waals surface area contributed by atoms with E-state index in [-0.39, 0.29) is 23.4 Å². The first-order valence-electron chi connectivity index (χ1n) is 11.8. The Morgan fingerprint density at radius 3 is 3.06 bits per heavy atom. The van der Waals surface area contributed by atoms with Gasteiger partial charge in [0.15, 0.2) is 0 Å². The lowest BCUT2D eigenvalue weighted by atomic mass is 9.59. The lowest BCUT2D eigenvalue weighted by Crippen LogP contribution is -2.86. The number of nitrogens with one attached hydrogen (secondary N) is 1. The Bertz CT molecular complexity index is 1020. The fourth-order valence-electron chi connectivity index (χ4n) is 6.43. The van der Waals surface area contributed by atoms with Crippen molar-refractivity contribution in [3.8, 4) is 5.75 Å². The van der Waals surface area contributed by atoms with Crippen LogP contribution >= 0.6 is 0 Å². The predicted octanol–water partition coefficient (Wildman–Crippen LogP) is 3.74. The average molecular weight is 424 g/mol. The number of aromatic amines is 1. The van der Waals surface area contributed by atoms with E-state index in [9.17, 15) is 4.79 Å². The molecule has 0 radical (unpaired) electrons. The molecule has 0 bridgehead atoms. The fourth-order valence-corrected chi connectivity index (χ4v) is 6.43. The van der Waals surface area contributed by atoms with Crippen molar-refractivity contribution in [2.45, 2.75) is 58.5 Å². The van der Waals surface area contributed by atoms with Crippen LogP contribution in [-0.2, 0) is 16.0 Å². The molecule has 1 saturated heterocycles. The molecule has 2 aliphatic carbocycles. The first kappa shape index (κ1) is 20.6. The third-order valence-corrected chi connectivity index (χ3v) is 8.19. The number of carbonyl (C=O) groups is 1. The Balaban J connectivity index is 1.22. The summed E-state index contributed by atoms with van der Waals surface area (Å²) in [5.41, 5.74) is 5.90. The van der Waals surface area contributed by atoms with Crippen LogP contribution in [0, 0.1) is 17.3 Å². The zero-order chi connectivity index (χ0) is 21.6. The average Bonchev–Trinajstić information content (AvgIpc) is 3.29. The number of carbonyl (C=O) groups excluding carboxylic acids is 1. The molecule has 31 heavy (non-hydrogen) atoms. The van der Waals surface area contributed by atoms with Crippen LogP contribution in [0.2, 0.25) is 0 Å². The van der Waals surface area contributed by atoms with Crippen LogP contribution in [0.25, 0.3) is 10.9 Å². The molecule has 1 aromatic carbocycles. The highest BCUT2D eigenvalue weighted by Gasteiger charge is 2.53. The topological polar surface area (TPSA) is 67.9 Å². The molecule has 1 aliphatic heterocycles. The van der Waals surface area contributed by atoms with E-state index in [0.29, 0.717) is 5.92 Å². The zero-order valence-corrected chi connectivity index (χ0v) is 19.0. The summed E-state index contributed by atoms with van der Waals surface area (Å²) in [6.45, 7) is 6.49. The molecule has 5 heteroatoms. The summed E-state index contributed by atoms with van der Waals surface area (Å²) >= 11 is 0. The van der Waals surface area contributed by atoms with Gasteiger partial charge in [0.1, 0.15) is 17.8 Å². The summed E-state index contributed by atoms with van der Waals surface area (Å²) in [4.78, 5) is 16.1. The van der Waals surface area contributed by atoms with Gasteiger partial charge in [-0.1, -0.05) is 18.1 Å². The fraction of sp³-hybridized carbons (Fsp3) is 0.577. The number of benzene rings is 1. The molecule has 5 nitrogen and oxygen atoms in total. The number of ether oxygens (including phenoxy) is 2. The van der Waals surface area contributed by atoms with Gasteiger partial charge in [0.2, 0.25) is 0 Å². The predicted molar refractivity (Wildman–Crippen MR) is 121 cm³/mol. The lowest BCUT2D eigenvalue weighted by molar-refractivity contribution is -0.658. The number of H-pyrrole nitrogens is 1. The molecule has 2 heterocycles. The van der Waals surface area contributed by atoms with Gasteiger partial charge in [0, 0.05) is 29.4 Å². The highest BCUT2D eigenvalue weighted by Crippen LogP contribution is 2.54.